The van der Waals surface area contributed by atoms with Crippen molar-refractivity contribution in [3.63, 3.8) is 0 Å². The fraction of sp³-hybridized carbons (Fsp3) is 0.500. The van der Waals surface area contributed by atoms with Crippen LogP contribution >= 0.6 is 0 Å². The smallest absolute Gasteiger partial charge is 0.218 e. The van der Waals surface area contributed by atoms with Gasteiger partial charge in [-0.1, -0.05) is 13.8 Å². The molecule has 11 heavy (non-hydrogen) atoms. The summed E-state index contributed by atoms with van der Waals surface area (Å²) in [7, 11) is 0. The fourth-order valence-electron chi connectivity index (χ4n) is 1.16. The Morgan fingerprint density at radius 1 is 1.09 bits per heavy atom. The Hall–Kier alpha value is -0.850. The third kappa shape index (κ3) is 2.04. The summed E-state index contributed by atoms with van der Waals surface area (Å²) in [5.74, 6) is 2.58. The zero-order valence-corrected chi connectivity index (χ0v) is 7.64. The lowest BCUT2D eigenvalue weighted by atomic mass is 10.0. The first kappa shape index (κ1) is 8.25. The maximum Gasteiger partial charge on any atom is 0.326 e. The Morgan fingerprint density at radius 2 is 1.55 bits per heavy atom. The van der Waals surface area contributed by atoms with E-state index in [2.05, 4.69) is 26.0 Å². The second kappa shape index (κ2) is 3.04. The topological polar surface area (TPSA) is 11.3 Å². The second-order valence-corrected chi connectivity index (χ2v) is 3.27. The summed E-state index contributed by atoms with van der Waals surface area (Å²) in [5.41, 5.74) is 1.35. The molecule has 0 spiro atoms. The van der Waals surface area contributed by atoms with Crippen molar-refractivity contribution in [2.75, 3.05) is 0 Å². The fourth-order valence-corrected chi connectivity index (χ4v) is 1.16. The van der Waals surface area contributed by atoms with Gasteiger partial charge in [-0.05, 0) is 11.5 Å². The molecule has 0 saturated carbocycles. The Morgan fingerprint density at radius 3 is 1.91 bits per heavy atom. The molecule has 0 atom stereocenters. The van der Waals surface area contributed by atoms with Crippen LogP contribution in [0.15, 0.2) is 16.5 Å². The number of hydrogen-bond acceptors (Lipinski definition) is 0. The van der Waals surface area contributed by atoms with E-state index in [0.717, 1.165) is 11.5 Å². The van der Waals surface area contributed by atoms with Crippen LogP contribution in [0.4, 0.5) is 0 Å². The van der Waals surface area contributed by atoms with Gasteiger partial charge in [-0.2, -0.15) is 0 Å². The Kier molecular flexibility index (Phi) is 2.28. The summed E-state index contributed by atoms with van der Waals surface area (Å²) < 4.78 is 5.37. The van der Waals surface area contributed by atoms with Crippen LogP contribution in [0.25, 0.3) is 0 Å². The predicted octanol–water partition coefficient (Wildman–Crippen LogP) is 3.30. The van der Waals surface area contributed by atoms with Gasteiger partial charge in [0.2, 0.25) is 0 Å². The number of hydrogen-bond donors (Lipinski definition) is 0. The van der Waals surface area contributed by atoms with Gasteiger partial charge in [-0.15, -0.1) is 0 Å². The standard InChI is InChI=1S/C10H15O/c1-7(2)10-5-8(3)11-9(4)6-10/h5-7H,1-4H3/q+1. The molecule has 0 aliphatic heterocycles. The predicted molar refractivity (Wildman–Crippen MR) is 46.7 cm³/mol. The van der Waals surface area contributed by atoms with Gasteiger partial charge in [0.25, 0.3) is 0 Å². The molecule has 1 heteroatoms. The Balaban J connectivity index is 3.08. The summed E-state index contributed by atoms with van der Waals surface area (Å²) in [6.07, 6.45) is 0. The third-order valence-electron chi connectivity index (χ3n) is 1.73. The summed E-state index contributed by atoms with van der Waals surface area (Å²) in [6.45, 7) is 8.35. The van der Waals surface area contributed by atoms with Crippen LogP contribution in [0.2, 0.25) is 0 Å². The molecule has 1 aromatic heterocycles. The molecule has 0 radical (unpaired) electrons. The minimum absolute atomic E-state index is 0.587. The largest absolute Gasteiger partial charge is 0.326 e. The SMILES string of the molecule is Cc1cc(C(C)C)cc(C)[o+]1. The van der Waals surface area contributed by atoms with Crippen molar-refractivity contribution in [3.05, 3.63) is 29.2 Å². The molecule has 1 aromatic rings. The van der Waals surface area contributed by atoms with Gasteiger partial charge in [0.1, 0.15) is 0 Å². The molecule has 0 aliphatic rings. The monoisotopic (exact) mass is 151 g/mol. The second-order valence-electron chi connectivity index (χ2n) is 3.27. The zero-order chi connectivity index (χ0) is 8.43. The Bertz CT molecular complexity index is 231. The van der Waals surface area contributed by atoms with E-state index in [4.69, 9.17) is 4.42 Å². The van der Waals surface area contributed by atoms with Crippen molar-refractivity contribution in [1.29, 1.82) is 0 Å². The van der Waals surface area contributed by atoms with Gasteiger partial charge < -0.3 is 0 Å². The highest BCUT2D eigenvalue weighted by molar-refractivity contribution is 5.19. The van der Waals surface area contributed by atoms with Crippen molar-refractivity contribution < 1.29 is 4.42 Å². The van der Waals surface area contributed by atoms with Crippen LogP contribution in [0.1, 0.15) is 36.8 Å². The molecule has 60 valence electrons. The summed E-state index contributed by atoms with van der Waals surface area (Å²) in [6, 6.07) is 4.19. The van der Waals surface area contributed by atoms with Crippen LogP contribution in [0.3, 0.4) is 0 Å². The maximum absolute atomic E-state index is 5.37. The average Bonchev–Trinajstić information content (AvgIpc) is 1.85. The highest BCUT2D eigenvalue weighted by atomic mass is 16.3. The molecular formula is C10H15O+. The first-order valence-corrected chi connectivity index (χ1v) is 4.01. The van der Waals surface area contributed by atoms with Crippen LogP contribution in [0.5, 0.6) is 0 Å². The molecule has 0 aliphatic carbocycles. The van der Waals surface area contributed by atoms with Crippen molar-refractivity contribution in [2.45, 2.75) is 33.6 Å². The highest BCUT2D eigenvalue weighted by Gasteiger charge is 2.09. The first-order chi connectivity index (χ1) is 5.09. The van der Waals surface area contributed by atoms with E-state index >= 15 is 0 Å². The van der Waals surface area contributed by atoms with Crippen LogP contribution in [-0.4, -0.2) is 0 Å². The van der Waals surface area contributed by atoms with Crippen molar-refractivity contribution in [1.82, 2.24) is 0 Å². The van der Waals surface area contributed by atoms with Crippen LogP contribution in [0, 0.1) is 13.8 Å². The molecule has 0 amide bonds. The minimum atomic E-state index is 0.587. The molecule has 1 heterocycles. The summed E-state index contributed by atoms with van der Waals surface area (Å²) in [4.78, 5) is 0. The lowest BCUT2D eigenvalue weighted by Crippen LogP contribution is -1.89. The summed E-state index contributed by atoms with van der Waals surface area (Å²) >= 11 is 0. The van der Waals surface area contributed by atoms with Crippen LogP contribution < -0.4 is 0 Å². The molecule has 0 bridgehead atoms. The summed E-state index contributed by atoms with van der Waals surface area (Å²) in [5, 5.41) is 0. The molecular weight excluding hydrogens is 136 g/mol. The average molecular weight is 151 g/mol. The minimum Gasteiger partial charge on any atom is -0.218 e. The maximum atomic E-state index is 5.37. The van der Waals surface area contributed by atoms with Gasteiger partial charge >= 0.3 is 11.5 Å². The zero-order valence-electron chi connectivity index (χ0n) is 7.64. The van der Waals surface area contributed by atoms with Gasteiger partial charge in [-0.25, -0.2) is 4.42 Å². The van der Waals surface area contributed by atoms with Gasteiger partial charge in [-0.3, -0.25) is 0 Å². The van der Waals surface area contributed by atoms with E-state index in [-0.39, 0.29) is 0 Å². The van der Waals surface area contributed by atoms with E-state index in [1.807, 2.05) is 13.8 Å². The lowest BCUT2D eigenvalue weighted by Gasteiger charge is -2.00. The van der Waals surface area contributed by atoms with E-state index < -0.39 is 0 Å². The molecule has 0 unspecified atom stereocenters. The first-order valence-electron chi connectivity index (χ1n) is 4.01. The Labute approximate surface area is 68.1 Å². The number of rotatable bonds is 1. The molecule has 0 aromatic carbocycles. The van der Waals surface area contributed by atoms with E-state index in [1.54, 1.807) is 0 Å². The molecule has 0 fully saturated rings. The molecule has 0 saturated heterocycles. The molecule has 1 rings (SSSR count). The van der Waals surface area contributed by atoms with Crippen LogP contribution in [-0.2, 0) is 0 Å². The van der Waals surface area contributed by atoms with Crippen molar-refractivity contribution >= 4 is 0 Å². The molecule has 0 N–H and O–H groups in total. The quantitative estimate of drug-likeness (QED) is 0.560. The highest BCUT2D eigenvalue weighted by Crippen LogP contribution is 2.17. The lowest BCUT2D eigenvalue weighted by molar-refractivity contribution is 0.482. The number of aryl methyl sites for hydroxylation is 2. The van der Waals surface area contributed by atoms with Crippen molar-refractivity contribution in [3.8, 4) is 0 Å². The normalized spacial score (nSPS) is 10.6. The van der Waals surface area contributed by atoms with Crippen molar-refractivity contribution in [2.24, 2.45) is 0 Å². The molecule has 1 nitrogen and oxygen atoms in total. The van der Waals surface area contributed by atoms with E-state index in [1.165, 1.54) is 5.56 Å². The third-order valence-corrected chi connectivity index (χ3v) is 1.73. The van der Waals surface area contributed by atoms with Gasteiger partial charge in [0.15, 0.2) is 0 Å². The van der Waals surface area contributed by atoms with Gasteiger partial charge in [0.05, 0.1) is 13.8 Å². The van der Waals surface area contributed by atoms with Gasteiger partial charge in [0, 0.05) is 12.1 Å². The van der Waals surface area contributed by atoms with E-state index in [0.29, 0.717) is 5.92 Å². The van der Waals surface area contributed by atoms with E-state index in [9.17, 15) is 0 Å².